The van der Waals surface area contributed by atoms with Gasteiger partial charge in [-0.1, -0.05) is 44.2 Å². The maximum absolute atomic E-state index is 16.0. The van der Waals surface area contributed by atoms with Crippen LogP contribution in [-0.4, -0.2) is 59.8 Å². The van der Waals surface area contributed by atoms with Gasteiger partial charge in [-0.15, -0.1) is 6.58 Å². The summed E-state index contributed by atoms with van der Waals surface area (Å²) in [6.45, 7) is 12.2. The molecule has 0 bridgehead atoms. The third kappa shape index (κ3) is 6.64. The summed E-state index contributed by atoms with van der Waals surface area (Å²) in [7, 11) is 1.53. The predicted octanol–water partition coefficient (Wildman–Crippen LogP) is 5.85. The maximum Gasteiger partial charge on any atom is 0.219 e. The van der Waals surface area contributed by atoms with E-state index in [9.17, 15) is 19.1 Å². The highest BCUT2D eigenvalue weighted by molar-refractivity contribution is 6.07. The largest absolute Gasteiger partial charge is 0.507 e. The summed E-state index contributed by atoms with van der Waals surface area (Å²) in [5.74, 6) is -1.98. The molecule has 1 aromatic heterocycles. The van der Waals surface area contributed by atoms with E-state index in [2.05, 4.69) is 21.9 Å². The Bertz CT molecular complexity index is 1450. The summed E-state index contributed by atoms with van der Waals surface area (Å²) in [6.07, 6.45) is 3.45. The number of carbonyl (C=O) groups is 2. The molecule has 0 aliphatic rings. The third-order valence-electron chi connectivity index (χ3n) is 6.98. The van der Waals surface area contributed by atoms with E-state index in [1.54, 1.807) is 6.08 Å². The molecule has 0 aliphatic heterocycles. The highest BCUT2D eigenvalue weighted by Crippen LogP contribution is 2.39. The number of aliphatic imine (C=N–C) groups is 1. The molecule has 1 unspecified atom stereocenters. The molecule has 0 radical (unpaired) electrons. The quantitative estimate of drug-likeness (QED) is 0.115. The highest BCUT2D eigenvalue weighted by atomic mass is 19.1. The molecule has 0 saturated heterocycles. The molecule has 3 aromatic rings. The van der Waals surface area contributed by atoms with Crippen LogP contribution in [0.5, 0.6) is 5.75 Å². The molecule has 0 spiro atoms. The minimum absolute atomic E-state index is 0.00000247. The van der Waals surface area contributed by atoms with Crippen molar-refractivity contribution in [3.8, 4) is 17.0 Å². The molecule has 222 valence electrons. The van der Waals surface area contributed by atoms with Crippen molar-refractivity contribution >= 4 is 30.2 Å². The number of nitrogens with one attached hydrogen (secondary N) is 1. The Morgan fingerprint density at radius 3 is 2.45 bits per heavy atom. The van der Waals surface area contributed by atoms with Crippen molar-refractivity contribution < 1.29 is 23.5 Å². The average Bonchev–Trinajstić information content (AvgIpc) is 2.96. The van der Waals surface area contributed by atoms with Crippen molar-refractivity contribution in [3.63, 3.8) is 0 Å². The number of benzene rings is 2. The molecule has 1 heterocycles. The van der Waals surface area contributed by atoms with Gasteiger partial charge in [0.15, 0.2) is 11.6 Å². The van der Waals surface area contributed by atoms with Crippen molar-refractivity contribution in [2.24, 2.45) is 4.99 Å². The molecule has 0 aliphatic carbocycles. The van der Waals surface area contributed by atoms with Gasteiger partial charge in [0.05, 0.1) is 16.8 Å². The molecule has 2 N–H and O–H groups in total. The van der Waals surface area contributed by atoms with Crippen molar-refractivity contribution in [3.05, 3.63) is 83.4 Å². The van der Waals surface area contributed by atoms with E-state index in [0.717, 1.165) is 23.3 Å². The summed E-state index contributed by atoms with van der Waals surface area (Å²) in [5, 5.41) is 13.2. The predicted molar refractivity (Wildman–Crippen MR) is 162 cm³/mol. The Balaban J connectivity index is 2.42. The van der Waals surface area contributed by atoms with E-state index in [4.69, 9.17) is 0 Å². The standard InChI is InChI=1S/C32H37F2N5O3/c1-7-8-15-38(22(5)17-36-18-40)31(35-6)24-16-26(34)29(28-25(33)13-10-14-27(28)42)37-32(24)39(19-41)30-21(4)11-9-12-23(30)20(2)3/h7,9-14,16,18-20,22,42H,1,8,15,17H2,2-6H3,(H,36,40)/b35-31+. The van der Waals surface area contributed by atoms with Crippen LogP contribution in [0.3, 0.4) is 0 Å². The topological polar surface area (TPSA) is 98.1 Å². The second kappa shape index (κ2) is 14.3. The van der Waals surface area contributed by atoms with Gasteiger partial charge < -0.3 is 15.3 Å². The van der Waals surface area contributed by atoms with Gasteiger partial charge in [0.25, 0.3) is 0 Å². The Morgan fingerprint density at radius 2 is 1.86 bits per heavy atom. The van der Waals surface area contributed by atoms with Gasteiger partial charge in [0, 0.05) is 26.2 Å². The number of pyridine rings is 1. The second-order valence-electron chi connectivity index (χ2n) is 10.2. The third-order valence-corrected chi connectivity index (χ3v) is 6.98. The molecular formula is C32H37F2N5O3. The molecule has 3 rings (SSSR count). The fraction of sp³-hybridized carbons (Fsp3) is 0.312. The first kappa shape index (κ1) is 31.9. The smallest absolute Gasteiger partial charge is 0.219 e. The van der Waals surface area contributed by atoms with Gasteiger partial charge in [-0.2, -0.15) is 0 Å². The van der Waals surface area contributed by atoms with E-state index in [0.29, 0.717) is 37.3 Å². The fourth-order valence-electron chi connectivity index (χ4n) is 4.93. The van der Waals surface area contributed by atoms with E-state index in [1.165, 1.54) is 24.1 Å². The zero-order valence-electron chi connectivity index (χ0n) is 24.6. The van der Waals surface area contributed by atoms with Crippen LogP contribution in [0.25, 0.3) is 11.3 Å². The first-order valence-electron chi connectivity index (χ1n) is 13.6. The molecule has 2 amide bonds. The van der Waals surface area contributed by atoms with Crippen molar-refractivity contribution in [2.45, 2.75) is 46.1 Å². The van der Waals surface area contributed by atoms with Crippen LogP contribution in [0, 0.1) is 18.6 Å². The molecule has 0 saturated carbocycles. The summed E-state index contributed by atoms with van der Waals surface area (Å²) >= 11 is 0. The van der Waals surface area contributed by atoms with Crippen LogP contribution in [0.2, 0.25) is 0 Å². The molecule has 42 heavy (non-hydrogen) atoms. The first-order valence-corrected chi connectivity index (χ1v) is 13.6. The number of aryl methyl sites for hydroxylation is 1. The maximum atomic E-state index is 16.0. The molecular weight excluding hydrogens is 540 g/mol. The summed E-state index contributed by atoms with van der Waals surface area (Å²) in [6, 6.07) is 10.1. The lowest BCUT2D eigenvalue weighted by Crippen LogP contribution is -2.45. The minimum atomic E-state index is -0.919. The lowest BCUT2D eigenvalue weighted by Gasteiger charge is -2.34. The zero-order chi connectivity index (χ0) is 31.0. The number of phenolic OH excluding ortho intramolecular Hbond substituents is 1. The number of amides is 2. The van der Waals surface area contributed by atoms with E-state index in [1.807, 2.05) is 50.8 Å². The number of anilines is 2. The number of rotatable bonds is 13. The van der Waals surface area contributed by atoms with Gasteiger partial charge in [0.2, 0.25) is 12.8 Å². The summed E-state index contributed by atoms with van der Waals surface area (Å²) in [5.41, 5.74) is 1.44. The van der Waals surface area contributed by atoms with Crippen LogP contribution in [0.1, 0.15) is 49.8 Å². The lowest BCUT2D eigenvalue weighted by molar-refractivity contribution is -0.109. The number of hydrogen-bond donors (Lipinski definition) is 2. The number of aromatic hydroxyl groups is 1. The zero-order valence-corrected chi connectivity index (χ0v) is 24.6. The van der Waals surface area contributed by atoms with Crippen LogP contribution in [0.15, 0.2) is 60.1 Å². The van der Waals surface area contributed by atoms with Crippen molar-refractivity contribution in [1.82, 2.24) is 15.2 Å². The van der Waals surface area contributed by atoms with Crippen LogP contribution < -0.4 is 10.2 Å². The Hall–Kier alpha value is -4.60. The summed E-state index contributed by atoms with van der Waals surface area (Å²) in [4.78, 5) is 36.2. The molecule has 2 aromatic carbocycles. The van der Waals surface area contributed by atoms with Gasteiger partial charge in [-0.3, -0.25) is 19.5 Å². The van der Waals surface area contributed by atoms with E-state index in [-0.39, 0.29) is 29.9 Å². The molecule has 0 fully saturated rings. The van der Waals surface area contributed by atoms with Gasteiger partial charge in [-0.05, 0) is 55.5 Å². The number of carbonyl (C=O) groups excluding carboxylic acids is 2. The van der Waals surface area contributed by atoms with Crippen LogP contribution >= 0.6 is 0 Å². The normalized spacial score (nSPS) is 12.1. The Kier molecular flexibility index (Phi) is 10.9. The first-order chi connectivity index (χ1) is 20.1. The number of para-hydroxylation sites is 1. The van der Waals surface area contributed by atoms with Gasteiger partial charge in [0.1, 0.15) is 23.1 Å². The van der Waals surface area contributed by atoms with Gasteiger partial charge in [-0.25, -0.2) is 13.8 Å². The molecule has 10 heteroatoms. The number of hydrogen-bond acceptors (Lipinski definition) is 5. The van der Waals surface area contributed by atoms with E-state index >= 15 is 4.39 Å². The van der Waals surface area contributed by atoms with E-state index < -0.39 is 28.6 Å². The Morgan fingerprint density at radius 1 is 1.14 bits per heavy atom. The second-order valence-corrected chi connectivity index (χ2v) is 10.2. The number of halogens is 2. The Labute approximate surface area is 245 Å². The van der Waals surface area contributed by atoms with Crippen molar-refractivity contribution in [2.75, 3.05) is 25.0 Å². The highest BCUT2D eigenvalue weighted by Gasteiger charge is 2.30. The summed E-state index contributed by atoms with van der Waals surface area (Å²) < 4.78 is 30.9. The fourth-order valence-corrected chi connectivity index (χ4v) is 4.93. The molecule has 1 atom stereocenters. The number of nitrogens with zero attached hydrogens (tertiary/aromatic N) is 4. The lowest BCUT2D eigenvalue weighted by atomic mass is 9.97. The SMILES string of the molecule is C=CCCN(/C(=N/C)c1cc(F)c(-c2c(O)cccc2F)nc1N(C=O)c1c(C)cccc1C(C)C)C(C)CNC=O. The minimum Gasteiger partial charge on any atom is -0.507 e. The van der Waals surface area contributed by atoms with Crippen LogP contribution in [-0.2, 0) is 9.59 Å². The molecule has 8 nitrogen and oxygen atoms in total. The number of aromatic nitrogens is 1. The number of phenols is 1. The number of amidine groups is 1. The average molecular weight is 578 g/mol. The van der Waals surface area contributed by atoms with Crippen LogP contribution in [0.4, 0.5) is 20.3 Å². The van der Waals surface area contributed by atoms with Gasteiger partial charge >= 0.3 is 0 Å². The monoisotopic (exact) mass is 577 g/mol. The van der Waals surface area contributed by atoms with Crippen molar-refractivity contribution in [1.29, 1.82) is 0 Å².